The highest BCUT2D eigenvalue weighted by Gasteiger charge is 2.41. The number of rotatable bonds is 1. The molecule has 0 aliphatic carbocycles. The first-order valence-corrected chi connectivity index (χ1v) is 7.12. The van der Waals surface area contributed by atoms with Gasteiger partial charge < -0.3 is 15.1 Å². The molecule has 2 atom stereocenters. The molecular formula is C14H26ClN3O2. The third kappa shape index (κ3) is 3.44. The van der Waals surface area contributed by atoms with Crippen LogP contribution in [0.3, 0.4) is 0 Å². The van der Waals surface area contributed by atoms with E-state index in [0.717, 1.165) is 19.6 Å². The number of likely N-dealkylation sites (tertiary alicyclic amines) is 1. The molecule has 0 aromatic heterocycles. The van der Waals surface area contributed by atoms with E-state index in [4.69, 9.17) is 0 Å². The third-order valence-corrected chi connectivity index (χ3v) is 4.07. The largest absolute Gasteiger partial charge is 0.337 e. The van der Waals surface area contributed by atoms with Crippen LogP contribution in [-0.4, -0.2) is 59.4 Å². The predicted octanol–water partition coefficient (Wildman–Crippen LogP) is 0.875. The zero-order valence-electron chi connectivity index (χ0n) is 12.8. The Kier molecular flexibility index (Phi) is 5.44. The first kappa shape index (κ1) is 17.2. The van der Waals surface area contributed by atoms with Crippen molar-refractivity contribution in [2.75, 3.05) is 26.2 Å². The highest BCUT2D eigenvalue weighted by Crippen LogP contribution is 2.27. The second-order valence-electron chi connectivity index (χ2n) is 6.66. The van der Waals surface area contributed by atoms with Crippen LogP contribution in [0.4, 0.5) is 0 Å². The molecule has 5 nitrogen and oxygen atoms in total. The number of nitrogens with zero attached hydrogens (tertiary/aromatic N) is 2. The van der Waals surface area contributed by atoms with Gasteiger partial charge in [-0.3, -0.25) is 9.59 Å². The molecule has 1 N–H and O–H groups in total. The minimum absolute atomic E-state index is 0. The second kappa shape index (κ2) is 6.31. The second-order valence-corrected chi connectivity index (χ2v) is 6.66. The van der Waals surface area contributed by atoms with Crippen molar-refractivity contribution in [3.63, 3.8) is 0 Å². The first-order valence-electron chi connectivity index (χ1n) is 7.12. The molecule has 2 aliphatic heterocycles. The fourth-order valence-electron chi connectivity index (χ4n) is 2.92. The number of halogens is 1. The maximum absolute atomic E-state index is 12.5. The molecule has 116 valence electrons. The van der Waals surface area contributed by atoms with Crippen LogP contribution in [0.2, 0.25) is 0 Å². The van der Waals surface area contributed by atoms with E-state index in [-0.39, 0.29) is 41.7 Å². The average Bonchev–Trinajstić information content (AvgIpc) is 2.71. The number of carbonyl (C=O) groups excluding carboxylic acids is 2. The lowest BCUT2D eigenvalue weighted by molar-refractivity contribution is -0.138. The zero-order chi connectivity index (χ0) is 14.2. The average molecular weight is 304 g/mol. The summed E-state index contributed by atoms with van der Waals surface area (Å²) in [6, 6.07) is 0.222. The molecule has 2 saturated heterocycles. The van der Waals surface area contributed by atoms with Crippen LogP contribution >= 0.6 is 12.4 Å². The standard InChI is InChI=1S/C14H25N3O2.ClH/c1-10-8-15-5-6-16(10)13(19)11-7-12(18)17(9-11)14(2,3)4;/h10-11,15H,5-9H2,1-4H3;1H/t10-,11?;/m1./s1. The molecule has 2 amide bonds. The van der Waals surface area contributed by atoms with E-state index in [1.807, 2.05) is 30.6 Å². The van der Waals surface area contributed by atoms with Crippen molar-refractivity contribution in [3.05, 3.63) is 0 Å². The number of hydrogen-bond donors (Lipinski definition) is 1. The monoisotopic (exact) mass is 303 g/mol. The van der Waals surface area contributed by atoms with Gasteiger partial charge in [-0.05, 0) is 27.7 Å². The molecule has 6 heteroatoms. The maximum Gasteiger partial charge on any atom is 0.228 e. The van der Waals surface area contributed by atoms with Gasteiger partial charge in [-0.1, -0.05) is 0 Å². The molecule has 0 bridgehead atoms. The van der Waals surface area contributed by atoms with Crippen LogP contribution in [0.1, 0.15) is 34.1 Å². The van der Waals surface area contributed by atoms with Gasteiger partial charge in [0.05, 0.1) is 5.92 Å². The quantitative estimate of drug-likeness (QED) is 0.782. The summed E-state index contributed by atoms with van der Waals surface area (Å²) in [5.74, 6) is 0.0926. The molecule has 0 radical (unpaired) electrons. The number of carbonyl (C=O) groups is 2. The molecule has 0 aromatic rings. The Morgan fingerprint density at radius 1 is 1.35 bits per heavy atom. The van der Waals surface area contributed by atoms with Gasteiger partial charge in [0.25, 0.3) is 0 Å². The van der Waals surface area contributed by atoms with E-state index >= 15 is 0 Å². The van der Waals surface area contributed by atoms with Gasteiger partial charge in [-0.2, -0.15) is 0 Å². The van der Waals surface area contributed by atoms with Crippen LogP contribution < -0.4 is 5.32 Å². The summed E-state index contributed by atoms with van der Waals surface area (Å²) in [5.41, 5.74) is -0.193. The van der Waals surface area contributed by atoms with Crippen molar-refractivity contribution in [3.8, 4) is 0 Å². The predicted molar refractivity (Wildman–Crippen MR) is 80.9 cm³/mol. The van der Waals surface area contributed by atoms with Gasteiger partial charge >= 0.3 is 0 Å². The van der Waals surface area contributed by atoms with Gasteiger partial charge in [0.2, 0.25) is 11.8 Å². The summed E-state index contributed by atoms with van der Waals surface area (Å²) in [6.45, 7) is 11.1. The van der Waals surface area contributed by atoms with Crippen molar-refractivity contribution in [2.45, 2.75) is 45.7 Å². The third-order valence-electron chi connectivity index (χ3n) is 4.07. The van der Waals surface area contributed by atoms with Crippen LogP contribution in [0.15, 0.2) is 0 Å². The Balaban J connectivity index is 0.00000200. The van der Waals surface area contributed by atoms with Crippen molar-refractivity contribution in [1.82, 2.24) is 15.1 Å². The molecule has 2 rings (SSSR count). The fraction of sp³-hybridized carbons (Fsp3) is 0.857. The Hall–Kier alpha value is -0.810. The van der Waals surface area contributed by atoms with E-state index in [2.05, 4.69) is 12.2 Å². The van der Waals surface area contributed by atoms with Gasteiger partial charge in [0, 0.05) is 44.2 Å². The van der Waals surface area contributed by atoms with Crippen LogP contribution in [0.5, 0.6) is 0 Å². The van der Waals surface area contributed by atoms with Gasteiger partial charge in [0.1, 0.15) is 0 Å². The lowest BCUT2D eigenvalue weighted by Gasteiger charge is -2.36. The van der Waals surface area contributed by atoms with Gasteiger partial charge in [-0.25, -0.2) is 0 Å². The summed E-state index contributed by atoms with van der Waals surface area (Å²) in [4.78, 5) is 28.4. The molecular weight excluding hydrogens is 278 g/mol. The van der Waals surface area contributed by atoms with E-state index in [1.165, 1.54) is 0 Å². The summed E-state index contributed by atoms with van der Waals surface area (Å²) in [6.07, 6.45) is 0.368. The van der Waals surface area contributed by atoms with Crippen molar-refractivity contribution in [1.29, 1.82) is 0 Å². The Bertz CT molecular complexity index is 381. The maximum atomic E-state index is 12.5. The smallest absolute Gasteiger partial charge is 0.228 e. The topological polar surface area (TPSA) is 52.7 Å². The normalized spacial score (nSPS) is 27.5. The number of hydrogen-bond acceptors (Lipinski definition) is 3. The Labute approximate surface area is 127 Å². The minimum atomic E-state index is -0.193. The fourth-order valence-corrected chi connectivity index (χ4v) is 2.92. The summed E-state index contributed by atoms with van der Waals surface area (Å²) in [5, 5.41) is 3.28. The first-order chi connectivity index (χ1) is 8.80. The van der Waals surface area contributed by atoms with E-state index in [0.29, 0.717) is 13.0 Å². The molecule has 0 spiro atoms. The van der Waals surface area contributed by atoms with Crippen LogP contribution in [-0.2, 0) is 9.59 Å². The highest BCUT2D eigenvalue weighted by atomic mass is 35.5. The molecule has 2 heterocycles. The van der Waals surface area contributed by atoms with Crippen LogP contribution in [0, 0.1) is 5.92 Å². The molecule has 0 saturated carbocycles. The number of piperazine rings is 1. The molecule has 0 aromatic carbocycles. The van der Waals surface area contributed by atoms with E-state index < -0.39 is 0 Å². The minimum Gasteiger partial charge on any atom is -0.337 e. The molecule has 2 fully saturated rings. The van der Waals surface area contributed by atoms with Crippen molar-refractivity contribution in [2.24, 2.45) is 5.92 Å². The Morgan fingerprint density at radius 3 is 2.50 bits per heavy atom. The molecule has 1 unspecified atom stereocenters. The summed E-state index contributed by atoms with van der Waals surface area (Å²) in [7, 11) is 0. The lowest BCUT2D eigenvalue weighted by Crippen LogP contribution is -2.54. The summed E-state index contributed by atoms with van der Waals surface area (Å²) < 4.78 is 0. The van der Waals surface area contributed by atoms with Crippen molar-refractivity contribution >= 4 is 24.2 Å². The van der Waals surface area contributed by atoms with Gasteiger partial charge in [-0.15, -0.1) is 12.4 Å². The SMILES string of the molecule is C[C@@H]1CNCCN1C(=O)C1CC(=O)N(C(C)(C)C)C1.Cl. The van der Waals surface area contributed by atoms with E-state index in [9.17, 15) is 9.59 Å². The van der Waals surface area contributed by atoms with Gasteiger partial charge in [0.15, 0.2) is 0 Å². The molecule has 2 aliphatic rings. The Morgan fingerprint density at radius 2 is 2.00 bits per heavy atom. The number of amides is 2. The zero-order valence-corrected chi connectivity index (χ0v) is 13.6. The number of nitrogens with one attached hydrogen (secondary N) is 1. The molecule has 20 heavy (non-hydrogen) atoms. The lowest BCUT2D eigenvalue weighted by atomic mass is 10.0. The highest BCUT2D eigenvalue weighted by molar-refractivity contribution is 5.89. The van der Waals surface area contributed by atoms with E-state index in [1.54, 1.807) is 0 Å². The van der Waals surface area contributed by atoms with Crippen LogP contribution in [0.25, 0.3) is 0 Å². The summed E-state index contributed by atoms with van der Waals surface area (Å²) >= 11 is 0. The van der Waals surface area contributed by atoms with Crippen molar-refractivity contribution < 1.29 is 9.59 Å².